The third-order valence-corrected chi connectivity index (χ3v) is 6.19. The van der Waals surface area contributed by atoms with Gasteiger partial charge in [-0.15, -0.1) is 0 Å². The molecule has 2 heterocycles. The number of benzene rings is 2. The Morgan fingerprint density at radius 1 is 1.13 bits per heavy atom. The number of hydrogen-bond donors (Lipinski definition) is 3. The Morgan fingerprint density at radius 2 is 1.77 bits per heavy atom. The quantitative estimate of drug-likeness (QED) is 0.584. The lowest BCUT2D eigenvalue weighted by Gasteiger charge is -2.54. The first-order valence-corrected chi connectivity index (χ1v) is 10.2. The van der Waals surface area contributed by atoms with Crippen molar-refractivity contribution in [1.82, 2.24) is 20.4 Å². The van der Waals surface area contributed by atoms with E-state index in [2.05, 4.69) is 10.6 Å². The Bertz CT molecular complexity index is 1060. The van der Waals surface area contributed by atoms with E-state index in [9.17, 15) is 4.79 Å². The number of nitrogens with two attached hydrogens (primary N) is 1. The number of carbonyl (C=O) groups is 1. The number of nitrogens with one attached hydrogen (secondary N) is 2. The SMILES string of the molecule is C.CNC(=O)c1c(-c2ccc(Oc3ccccc3)cc2)nn(C2CC3(CNC3)C2)c1N. The van der Waals surface area contributed by atoms with Crippen LogP contribution in [0.15, 0.2) is 54.6 Å². The summed E-state index contributed by atoms with van der Waals surface area (Å²) in [5.41, 5.74) is 8.67. The van der Waals surface area contributed by atoms with Gasteiger partial charge >= 0.3 is 0 Å². The van der Waals surface area contributed by atoms with Crippen molar-refractivity contribution in [3.05, 3.63) is 60.2 Å². The van der Waals surface area contributed by atoms with Crippen molar-refractivity contribution in [2.24, 2.45) is 5.41 Å². The lowest BCUT2D eigenvalue weighted by Crippen LogP contribution is -2.60. The van der Waals surface area contributed by atoms with Crippen molar-refractivity contribution in [3.8, 4) is 22.8 Å². The summed E-state index contributed by atoms with van der Waals surface area (Å²) in [5, 5.41) is 10.8. The first-order valence-electron chi connectivity index (χ1n) is 10.2. The predicted molar refractivity (Wildman–Crippen MR) is 122 cm³/mol. The number of hydrogen-bond acceptors (Lipinski definition) is 5. The van der Waals surface area contributed by atoms with Crippen molar-refractivity contribution < 1.29 is 9.53 Å². The summed E-state index contributed by atoms with van der Waals surface area (Å²) < 4.78 is 7.71. The number of amides is 1. The summed E-state index contributed by atoms with van der Waals surface area (Å²) >= 11 is 0. The molecule has 1 aliphatic heterocycles. The summed E-state index contributed by atoms with van der Waals surface area (Å²) in [7, 11) is 1.61. The molecule has 0 radical (unpaired) electrons. The minimum Gasteiger partial charge on any atom is -0.457 e. The molecule has 5 rings (SSSR count). The molecule has 1 amide bonds. The van der Waals surface area contributed by atoms with Gasteiger partial charge in [-0.2, -0.15) is 5.10 Å². The van der Waals surface area contributed by atoms with E-state index in [1.54, 1.807) is 7.05 Å². The van der Waals surface area contributed by atoms with Crippen LogP contribution in [0.25, 0.3) is 11.3 Å². The third-order valence-electron chi connectivity index (χ3n) is 6.19. The molecular formula is C24H29N5O2. The van der Waals surface area contributed by atoms with E-state index in [0.29, 0.717) is 22.5 Å². The average Bonchev–Trinajstić information content (AvgIpc) is 3.04. The van der Waals surface area contributed by atoms with Crippen molar-refractivity contribution >= 4 is 11.7 Å². The molecular weight excluding hydrogens is 390 g/mol. The van der Waals surface area contributed by atoms with Crippen LogP contribution in [0.4, 0.5) is 5.82 Å². The van der Waals surface area contributed by atoms with Crippen LogP contribution < -0.4 is 21.1 Å². The van der Waals surface area contributed by atoms with E-state index in [4.69, 9.17) is 15.6 Å². The molecule has 3 aromatic rings. The number of nitrogen functional groups attached to an aromatic ring is 1. The highest BCUT2D eigenvalue weighted by Crippen LogP contribution is 2.52. The zero-order valence-corrected chi connectivity index (χ0v) is 16.9. The van der Waals surface area contributed by atoms with Gasteiger partial charge in [-0.1, -0.05) is 25.6 Å². The monoisotopic (exact) mass is 419 g/mol. The van der Waals surface area contributed by atoms with Gasteiger partial charge in [0, 0.05) is 25.7 Å². The van der Waals surface area contributed by atoms with Crippen LogP contribution in [0.2, 0.25) is 0 Å². The van der Waals surface area contributed by atoms with Gasteiger partial charge in [0.15, 0.2) is 0 Å². The van der Waals surface area contributed by atoms with E-state index in [1.165, 1.54) is 0 Å². The second-order valence-corrected chi connectivity index (χ2v) is 8.24. The Labute approximate surface area is 182 Å². The topological polar surface area (TPSA) is 94.2 Å². The second kappa shape index (κ2) is 8.07. The smallest absolute Gasteiger partial charge is 0.257 e. The Hall–Kier alpha value is -3.32. The van der Waals surface area contributed by atoms with Crippen molar-refractivity contribution in [3.63, 3.8) is 0 Å². The van der Waals surface area contributed by atoms with E-state index in [-0.39, 0.29) is 19.4 Å². The van der Waals surface area contributed by atoms with Crippen molar-refractivity contribution in [2.45, 2.75) is 26.3 Å². The molecule has 1 spiro atoms. The van der Waals surface area contributed by atoms with Crippen LogP contribution in [0.1, 0.15) is 36.7 Å². The average molecular weight is 420 g/mol. The number of ether oxygens (including phenoxy) is 1. The minimum atomic E-state index is -0.224. The molecule has 4 N–H and O–H groups in total. The van der Waals surface area contributed by atoms with E-state index < -0.39 is 0 Å². The van der Waals surface area contributed by atoms with Gasteiger partial charge < -0.3 is 21.1 Å². The van der Waals surface area contributed by atoms with E-state index in [1.807, 2.05) is 59.3 Å². The fourth-order valence-corrected chi connectivity index (χ4v) is 4.46. The Kier molecular flexibility index (Phi) is 5.45. The number of rotatable bonds is 5. The molecule has 0 unspecified atom stereocenters. The lowest BCUT2D eigenvalue weighted by molar-refractivity contribution is 0.00345. The molecule has 2 aromatic carbocycles. The predicted octanol–water partition coefficient (Wildman–Crippen LogP) is 3.84. The molecule has 31 heavy (non-hydrogen) atoms. The molecule has 7 heteroatoms. The van der Waals surface area contributed by atoms with Crippen LogP contribution >= 0.6 is 0 Å². The van der Waals surface area contributed by atoms with E-state index in [0.717, 1.165) is 43.0 Å². The fourth-order valence-electron chi connectivity index (χ4n) is 4.46. The first-order chi connectivity index (χ1) is 14.6. The van der Waals surface area contributed by atoms with Gasteiger partial charge in [-0.05, 0) is 54.7 Å². The van der Waals surface area contributed by atoms with Gasteiger partial charge in [0.2, 0.25) is 0 Å². The third kappa shape index (κ3) is 3.65. The van der Waals surface area contributed by atoms with Crippen LogP contribution in [0.5, 0.6) is 11.5 Å². The maximum atomic E-state index is 12.6. The van der Waals surface area contributed by atoms with Gasteiger partial charge in [-0.3, -0.25) is 4.79 Å². The second-order valence-electron chi connectivity index (χ2n) is 8.24. The lowest BCUT2D eigenvalue weighted by atomic mass is 9.62. The van der Waals surface area contributed by atoms with Gasteiger partial charge in [0.25, 0.3) is 5.91 Å². The zero-order chi connectivity index (χ0) is 20.7. The highest BCUT2D eigenvalue weighted by Gasteiger charge is 2.50. The van der Waals surface area contributed by atoms with Gasteiger partial charge in [-0.25, -0.2) is 4.68 Å². The standard InChI is InChI=1S/C23H25N5O2.CH4/c1-25-22(29)19-20(27-28(21(19)24)16-11-23(12-16)13-26-14-23)15-7-9-18(10-8-15)30-17-5-3-2-4-6-17;/h2-10,16,26H,11-14,24H2,1H3,(H,25,29);1H4. The van der Waals surface area contributed by atoms with Gasteiger partial charge in [0.05, 0.1) is 6.04 Å². The van der Waals surface area contributed by atoms with Crippen LogP contribution in [0, 0.1) is 5.41 Å². The zero-order valence-electron chi connectivity index (χ0n) is 16.9. The summed E-state index contributed by atoms with van der Waals surface area (Å²) in [6.07, 6.45) is 2.09. The largest absolute Gasteiger partial charge is 0.457 e. The Balaban J connectivity index is 0.00000231. The molecule has 0 bridgehead atoms. The van der Waals surface area contributed by atoms with Crippen LogP contribution in [-0.2, 0) is 0 Å². The number of anilines is 1. The fraction of sp³-hybridized carbons (Fsp3) is 0.333. The molecule has 2 fully saturated rings. The normalized spacial score (nSPS) is 16.7. The summed E-state index contributed by atoms with van der Waals surface area (Å²) in [5.74, 6) is 1.70. The molecule has 1 aromatic heterocycles. The molecule has 7 nitrogen and oxygen atoms in total. The number of para-hydroxylation sites is 1. The number of aromatic nitrogens is 2. The molecule has 162 valence electrons. The van der Waals surface area contributed by atoms with Crippen LogP contribution in [-0.4, -0.2) is 35.8 Å². The number of carbonyl (C=O) groups excluding carboxylic acids is 1. The molecule has 1 saturated carbocycles. The summed E-state index contributed by atoms with van der Waals surface area (Å²) in [4.78, 5) is 12.6. The summed E-state index contributed by atoms with van der Waals surface area (Å²) in [6.45, 7) is 2.12. The maximum Gasteiger partial charge on any atom is 0.257 e. The molecule has 1 saturated heterocycles. The van der Waals surface area contributed by atoms with E-state index >= 15 is 0 Å². The van der Waals surface area contributed by atoms with Crippen molar-refractivity contribution in [1.29, 1.82) is 0 Å². The maximum absolute atomic E-state index is 12.6. The first kappa shape index (κ1) is 20.9. The molecule has 2 aliphatic rings. The van der Waals surface area contributed by atoms with Gasteiger partial charge in [0.1, 0.15) is 28.6 Å². The van der Waals surface area contributed by atoms with Crippen molar-refractivity contribution in [2.75, 3.05) is 25.9 Å². The molecule has 0 atom stereocenters. The number of nitrogens with zero attached hydrogens (tertiary/aromatic N) is 2. The highest BCUT2D eigenvalue weighted by atomic mass is 16.5. The Morgan fingerprint density at radius 3 is 2.35 bits per heavy atom. The molecule has 1 aliphatic carbocycles. The minimum absolute atomic E-state index is 0. The highest BCUT2D eigenvalue weighted by molar-refractivity contribution is 6.04. The summed E-state index contributed by atoms with van der Waals surface area (Å²) in [6, 6.07) is 17.4. The van der Waals surface area contributed by atoms with Crippen LogP contribution in [0.3, 0.4) is 0 Å².